The van der Waals surface area contributed by atoms with Gasteiger partial charge in [-0.25, -0.2) is 14.2 Å². The van der Waals surface area contributed by atoms with Crippen LogP contribution in [0.1, 0.15) is 28.8 Å². The van der Waals surface area contributed by atoms with E-state index < -0.39 is 11.8 Å². The molecule has 0 amide bonds. The van der Waals surface area contributed by atoms with Crippen molar-refractivity contribution in [2.24, 2.45) is 0 Å². The summed E-state index contributed by atoms with van der Waals surface area (Å²) in [4.78, 5) is 15.7. The predicted octanol–water partition coefficient (Wildman–Crippen LogP) is 4.25. The van der Waals surface area contributed by atoms with E-state index in [1.54, 1.807) is 6.07 Å². The second-order valence-electron chi connectivity index (χ2n) is 4.00. The lowest BCUT2D eigenvalue weighted by atomic mass is 10.1. The standard InChI is InChI=1S/C13H11ClFNO2S/c1-2-3-10-16-11(13(17)18)12(19-10)7-4-8(14)6-9(15)5-7/h4-6H,2-3H2,1H3,(H,17,18). The number of halogens is 2. The van der Waals surface area contributed by atoms with E-state index in [0.29, 0.717) is 16.9 Å². The fraction of sp³-hybridized carbons (Fsp3) is 0.231. The minimum absolute atomic E-state index is 0.0462. The average Bonchev–Trinajstić information content (AvgIpc) is 2.72. The van der Waals surface area contributed by atoms with Crippen LogP contribution in [0.15, 0.2) is 18.2 Å². The smallest absolute Gasteiger partial charge is 0.356 e. The lowest BCUT2D eigenvalue weighted by Gasteiger charge is -2.00. The molecule has 1 heterocycles. The van der Waals surface area contributed by atoms with Crippen LogP contribution in [-0.4, -0.2) is 16.1 Å². The van der Waals surface area contributed by atoms with Crippen LogP contribution in [0, 0.1) is 5.82 Å². The molecular formula is C13H11ClFNO2S. The highest BCUT2D eigenvalue weighted by atomic mass is 35.5. The Kier molecular flexibility index (Phi) is 4.17. The Hall–Kier alpha value is -1.46. The number of benzene rings is 1. The van der Waals surface area contributed by atoms with Gasteiger partial charge in [0.15, 0.2) is 5.69 Å². The number of carboxylic acids is 1. The Bertz CT molecular complexity index is 607. The van der Waals surface area contributed by atoms with Crippen molar-refractivity contribution < 1.29 is 14.3 Å². The van der Waals surface area contributed by atoms with Crippen molar-refractivity contribution in [1.82, 2.24) is 4.98 Å². The summed E-state index contributed by atoms with van der Waals surface area (Å²) in [5.41, 5.74) is 0.400. The first-order valence-corrected chi connectivity index (χ1v) is 6.90. The van der Waals surface area contributed by atoms with Gasteiger partial charge in [-0.2, -0.15) is 0 Å². The number of carboxylic acid groups (broad SMARTS) is 1. The first-order valence-electron chi connectivity index (χ1n) is 5.70. The van der Waals surface area contributed by atoms with Crippen LogP contribution in [-0.2, 0) is 6.42 Å². The van der Waals surface area contributed by atoms with E-state index in [0.717, 1.165) is 11.4 Å². The molecule has 0 bridgehead atoms. The van der Waals surface area contributed by atoms with Crippen molar-refractivity contribution in [1.29, 1.82) is 0 Å². The molecule has 0 atom stereocenters. The first-order chi connectivity index (χ1) is 9.01. The number of hydrogen-bond acceptors (Lipinski definition) is 3. The minimum atomic E-state index is -1.12. The molecule has 0 radical (unpaired) electrons. The molecule has 2 rings (SSSR count). The van der Waals surface area contributed by atoms with E-state index in [2.05, 4.69) is 4.98 Å². The third-order valence-electron chi connectivity index (χ3n) is 2.46. The van der Waals surface area contributed by atoms with Gasteiger partial charge in [0.25, 0.3) is 0 Å². The van der Waals surface area contributed by atoms with E-state index in [1.807, 2.05) is 6.92 Å². The van der Waals surface area contributed by atoms with Gasteiger partial charge in [0.05, 0.1) is 9.88 Å². The molecule has 0 saturated heterocycles. The van der Waals surface area contributed by atoms with Crippen molar-refractivity contribution in [2.45, 2.75) is 19.8 Å². The fourth-order valence-electron chi connectivity index (χ4n) is 1.71. The van der Waals surface area contributed by atoms with Crippen LogP contribution in [0.25, 0.3) is 10.4 Å². The molecule has 1 aromatic heterocycles. The zero-order valence-electron chi connectivity index (χ0n) is 10.1. The van der Waals surface area contributed by atoms with Crippen LogP contribution in [0.4, 0.5) is 4.39 Å². The highest BCUT2D eigenvalue weighted by Gasteiger charge is 2.19. The first kappa shape index (κ1) is 14.0. The summed E-state index contributed by atoms with van der Waals surface area (Å²) in [6.45, 7) is 1.99. The largest absolute Gasteiger partial charge is 0.476 e. The Morgan fingerprint density at radius 3 is 2.79 bits per heavy atom. The van der Waals surface area contributed by atoms with Crippen molar-refractivity contribution in [3.8, 4) is 10.4 Å². The Morgan fingerprint density at radius 2 is 2.21 bits per heavy atom. The van der Waals surface area contributed by atoms with Gasteiger partial charge in [-0.15, -0.1) is 11.3 Å². The van der Waals surface area contributed by atoms with E-state index >= 15 is 0 Å². The number of carbonyl (C=O) groups is 1. The Labute approximate surface area is 118 Å². The van der Waals surface area contributed by atoms with Gasteiger partial charge in [-0.05, 0) is 36.6 Å². The molecule has 0 spiro atoms. The lowest BCUT2D eigenvalue weighted by Crippen LogP contribution is -1.99. The third kappa shape index (κ3) is 3.11. The normalized spacial score (nSPS) is 10.7. The molecule has 0 aliphatic heterocycles. The summed E-state index contributed by atoms with van der Waals surface area (Å²) in [6.07, 6.45) is 1.57. The fourth-order valence-corrected chi connectivity index (χ4v) is 3.08. The van der Waals surface area contributed by atoms with Gasteiger partial charge < -0.3 is 5.11 Å². The number of thiazole rings is 1. The maximum Gasteiger partial charge on any atom is 0.356 e. The quantitative estimate of drug-likeness (QED) is 0.918. The van der Waals surface area contributed by atoms with Gasteiger partial charge in [0.1, 0.15) is 5.82 Å². The van der Waals surface area contributed by atoms with Gasteiger partial charge in [-0.1, -0.05) is 18.5 Å². The van der Waals surface area contributed by atoms with Crippen molar-refractivity contribution in [3.05, 3.63) is 39.7 Å². The molecule has 3 nitrogen and oxygen atoms in total. The monoisotopic (exact) mass is 299 g/mol. The van der Waals surface area contributed by atoms with Crippen LogP contribution >= 0.6 is 22.9 Å². The van der Waals surface area contributed by atoms with Gasteiger partial charge in [0.2, 0.25) is 0 Å². The summed E-state index contributed by atoms with van der Waals surface area (Å²) in [5.74, 6) is -1.61. The Balaban J connectivity index is 2.56. The SMILES string of the molecule is CCCc1nc(C(=O)O)c(-c2cc(F)cc(Cl)c2)s1. The lowest BCUT2D eigenvalue weighted by molar-refractivity contribution is 0.0692. The molecule has 100 valence electrons. The van der Waals surface area contributed by atoms with E-state index in [1.165, 1.54) is 23.5 Å². The van der Waals surface area contributed by atoms with Crippen LogP contribution in [0.3, 0.4) is 0 Å². The van der Waals surface area contributed by atoms with Crippen molar-refractivity contribution in [3.63, 3.8) is 0 Å². The summed E-state index contributed by atoms with van der Waals surface area (Å²) in [6, 6.07) is 3.99. The maximum absolute atomic E-state index is 13.4. The van der Waals surface area contributed by atoms with Crippen LogP contribution in [0.5, 0.6) is 0 Å². The third-order valence-corrected chi connectivity index (χ3v) is 3.85. The minimum Gasteiger partial charge on any atom is -0.476 e. The molecule has 0 unspecified atom stereocenters. The molecule has 2 aromatic rings. The average molecular weight is 300 g/mol. The van der Waals surface area contributed by atoms with E-state index in [-0.39, 0.29) is 10.7 Å². The van der Waals surface area contributed by atoms with E-state index in [9.17, 15) is 9.18 Å². The number of rotatable bonds is 4. The zero-order chi connectivity index (χ0) is 14.0. The topological polar surface area (TPSA) is 50.2 Å². The highest BCUT2D eigenvalue weighted by molar-refractivity contribution is 7.15. The number of aryl methyl sites for hydroxylation is 1. The molecule has 1 aromatic carbocycles. The second-order valence-corrected chi connectivity index (χ2v) is 5.52. The summed E-state index contributed by atoms with van der Waals surface area (Å²) in [7, 11) is 0. The van der Waals surface area contributed by atoms with Crippen molar-refractivity contribution >= 4 is 28.9 Å². The molecule has 6 heteroatoms. The molecule has 0 saturated carbocycles. The molecule has 0 aliphatic carbocycles. The van der Waals surface area contributed by atoms with Crippen LogP contribution in [0.2, 0.25) is 5.02 Å². The summed E-state index contributed by atoms with van der Waals surface area (Å²) >= 11 is 7.06. The maximum atomic E-state index is 13.4. The van der Waals surface area contributed by atoms with Crippen LogP contribution < -0.4 is 0 Å². The molecule has 1 N–H and O–H groups in total. The van der Waals surface area contributed by atoms with Gasteiger partial charge >= 0.3 is 5.97 Å². The van der Waals surface area contributed by atoms with Gasteiger partial charge in [-0.3, -0.25) is 0 Å². The number of nitrogens with zero attached hydrogens (tertiary/aromatic N) is 1. The van der Waals surface area contributed by atoms with Crippen molar-refractivity contribution in [2.75, 3.05) is 0 Å². The summed E-state index contributed by atoms with van der Waals surface area (Å²) in [5, 5.41) is 10.1. The van der Waals surface area contributed by atoms with E-state index in [4.69, 9.17) is 16.7 Å². The zero-order valence-corrected chi connectivity index (χ0v) is 11.7. The molecule has 0 aliphatic rings. The number of aromatic carboxylic acids is 1. The van der Waals surface area contributed by atoms with Gasteiger partial charge in [0, 0.05) is 5.02 Å². The molecule has 0 fully saturated rings. The summed E-state index contributed by atoms with van der Waals surface area (Å²) < 4.78 is 13.4. The highest BCUT2D eigenvalue weighted by Crippen LogP contribution is 2.33. The molecular weight excluding hydrogens is 289 g/mol. The number of aromatic nitrogens is 1. The molecule has 19 heavy (non-hydrogen) atoms. The Morgan fingerprint density at radius 1 is 1.47 bits per heavy atom. The predicted molar refractivity (Wildman–Crippen MR) is 73.5 cm³/mol. The second kappa shape index (κ2) is 5.67. The number of hydrogen-bond donors (Lipinski definition) is 1.